The summed E-state index contributed by atoms with van der Waals surface area (Å²) < 4.78 is 17.1. The van der Waals surface area contributed by atoms with Gasteiger partial charge in [-0.2, -0.15) is 0 Å². The van der Waals surface area contributed by atoms with Crippen LogP contribution in [0.3, 0.4) is 0 Å². The highest BCUT2D eigenvalue weighted by atomic mass is 32.1. The zero-order valence-electron chi connectivity index (χ0n) is 19.9. The Labute approximate surface area is 198 Å². The molecule has 3 rings (SSSR count). The molecule has 10 heteroatoms. The number of amides is 2. The van der Waals surface area contributed by atoms with Gasteiger partial charge in [-0.3, -0.25) is 4.79 Å². The quantitative estimate of drug-likeness (QED) is 0.374. The van der Waals surface area contributed by atoms with E-state index in [1.807, 2.05) is 52.0 Å². The van der Waals surface area contributed by atoms with Crippen molar-refractivity contribution in [2.45, 2.75) is 58.6 Å². The Morgan fingerprint density at radius 2 is 1.82 bits per heavy atom. The first-order valence-electron chi connectivity index (χ1n) is 11.1. The van der Waals surface area contributed by atoms with Crippen LogP contribution < -0.4 is 14.4 Å². The van der Waals surface area contributed by atoms with Gasteiger partial charge < -0.3 is 19.1 Å². The minimum absolute atomic E-state index is 0.170. The van der Waals surface area contributed by atoms with Crippen molar-refractivity contribution in [1.29, 1.82) is 0 Å². The number of hydrogen-bond acceptors (Lipinski definition) is 8. The lowest BCUT2D eigenvalue weighted by atomic mass is 9.98. The zero-order chi connectivity index (χ0) is 24.0. The number of hydrogen-bond donors (Lipinski definition) is 0. The van der Waals surface area contributed by atoms with Gasteiger partial charge in [-0.1, -0.05) is 51.2 Å². The number of esters is 1. The second-order valence-corrected chi connectivity index (χ2v) is 9.82. The summed E-state index contributed by atoms with van der Waals surface area (Å²) in [4.78, 5) is 28.0. The van der Waals surface area contributed by atoms with E-state index in [4.69, 9.17) is 14.2 Å². The molecular formula is C23H32N4O5S. The van der Waals surface area contributed by atoms with E-state index in [1.165, 1.54) is 21.1 Å². The second kappa shape index (κ2) is 10.8. The van der Waals surface area contributed by atoms with Crippen LogP contribution in [0.25, 0.3) is 0 Å². The monoisotopic (exact) mass is 476 g/mol. The summed E-state index contributed by atoms with van der Waals surface area (Å²) in [7, 11) is 1.67. The Hall–Kier alpha value is -2.88. The Morgan fingerprint density at radius 3 is 2.42 bits per heavy atom. The number of rotatable bonds is 10. The van der Waals surface area contributed by atoms with Gasteiger partial charge in [-0.15, -0.1) is 10.2 Å². The molecule has 1 aromatic heterocycles. The molecule has 9 nitrogen and oxygen atoms in total. The predicted octanol–water partition coefficient (Wildman–Crippen LogP) is 4.22. The topological polar surface area (TPSA) is 94.1 Å². The van der Waals surface area contributed by atoms with Crippen LogP contribution in [0.5, 0.6) is 11.5 Å². The summed E-state index contributed by atoms with van der Waals surface area (Å²) in [5.41, 5.74) is -0.184. The maximum atomic E-state index is 12.6. The van der Waals surface area contributed by atoms with Gasteiger partial charge in [0, 0.05) is 18.9 Å². The van der Waals surface area contributed by atoms with Crippen molar-refractivity contribution in [1.82, 2.24) is 15.1 Å². The van der Waals surface area contributed by atoms with E-state index in [1.54, 1.807) is 7.05 Å². The molecule has 1 fully saturated rings. The molecule has 0 saturated carbocycles. The summed E-state index contributed by atoms with van der Waals surface area (Å²) in [6, 6.07) is 7.21. The lowest BCUT2D eigenvalue weighted by molar-refractivity contribution is -0.148. The SMILES string of the molecule is CCCOc1ccccc1OCCCC(=O)OC1CN(C)C(=O)N1c1nnc(C(C)(C)C)s1. The molecule has 1 atom stereocenters. The van der Waals surface area contributed by atoms with E-state index in [9.17, 15) is 9.59 Å². The van der Waals surface area contributed by atoms with Crippen LogP contribution in [0.1, 0.15) is 52.0 Å². The minimum atomic E-state index is -0.736. The molecule has 0 aliphatic carbocycles. The third-order valence-electron chi connectivity index (χ3n) is 4.87. The summed E-state index contributed by atoms with van der Waals surface area (Å²) in [5.74, 6) is 0.948. The largest absolute Gasteiger partial charge is 0.490 e. The first-order chi connectivity index (χ1) is 15.7. The smallest absolute Gasteiger partial charge is 0.329 e. The highest BCUT2D eigenvalue weighted by Crippen LogP contribution is 2.33. The fourth-order valence-electron chi connectivity index (χ4n) is 3.12. The van der Waals surface area contributed by atoms with Crippen molar-refractivity contribution in [2.75, 3.05) is 31.7 Å². The van der Waals surface area contributed by atoms with Crippen molar-refractivity contribution in [3.8, 4) is 11.5 Å². The second-order valence-electron chi connectivity index (χ2n) is 8.86. The number of para-hydroxylation sites is 2. The van der Waals surface area contributed by atoms with Crippen LogP contribution in [0.15, 0.2) is 24.3 Å². The number of likely N-dealkylation sites (N-methyl/N-ethyl adjacent to an activating group) is 1. The third-order valence-corrected chi connectivity index (χ3v) is 6.22. The minimum Gasteiger partial charge on any atom is -0.490 e. The molecule has 1 aliphatic heterocycles. The van der Waals surface area contributed by atoms with Crippen molar-refractivity contribution >= 4 is 28.5 Å². The Balaban J connectivity index is 1.53. The Kier molecular flexibility index (Phi) is 8.12. The van der Waals surface area contributed by atoms with Gasteiger partial charge in [-0.25, -0.2) is 9.69 Å². The van der Waals surface area contributed by atoms with E-state index in [-0.39, 0.29) is 24.4 Å². The van der Waals surface area contributed by atoms with E-state index in [0.717, 1.165) is 11.4 Å². The average molecular weight is 477 g/mol. The molecule has 2 aromatic rings. The van der Waals surface area contributed by atoms with Crippen LogP contribution >= 0.6 is 11.3 Å². The molecule has 0 spiro atoms. The molecule has 0 radical (unpaired) electrons. The molecule has 180 valence electrons. The molecule has 0 bridgehead atoms. The fourth-order valence-corrected chi connectivity index (χ4v) is 4.06. The van der Waals surface area contributed by atoms with Crippen LogP contribution in [-0.2, 0) is 14.9 Å². The van der Waals surface area contributed by atoms with Gasteiger partial charge in [-0.05, 0) is 25.0 Å². The van der Waals surface area contributed by atoms with Crippen LogP contribution in [0.4, 0.5) is 9.93 Å². The summed E-state index contributed by atoms with van der Waals surface area (Å²) >= 11 is 1.33. The van der Waals surface area contributed by atoms with Gasteiger partial charge in [0.15, 0.2) is 11.5 Å². The van der Waals surface area contributed by atoms with Crippen LogP contribution in [-0.4, -0.2) is 60.1 Å². The summed E-state index contributed by atoms with van der Waals surface area (Å²) in [6.07, 6.45) is 0.818. The van der Waals surface area contributed by atoms with E-state index in [2.05, 4.69) is 10.2 Å². The maximum Gasteiger partial charge on any atom is 0.329 e. The molecule has 2 amide bonds. The number of aromatic nitrogens is 2. The molecule has 1 aliphatic rings. The fraction of sp³-hybridized carbons (Fsp3) is 0.565. The number of urea groups is 1. The zero-order valence-corrected chi connectivity index (χ0v) is 20.7. The van der Waals surface area contributed by atoms with Crippen LogP contribution in [0, 0.1) is 0 Å². The van der Waals surface area contributed by atoms with Crippen molar-refractivity contribution in [3.05, 3.63) is 29.3 Å². The molecule has 0 N–H and O–H groups in total. The predicted molar refractivity (Wildman–Crippen MR) is 126 cm³/mol. The average Bonchev–Trinajstić information content (AvgIpc) is 3.35. The van der Waals surface area contributed by atoms with Gasteiger partial charge in [0.1, 0.15) is 5.01 Å². The Bertz CT molecular complexity index is 958. The maximum absolute atomic E-state index is 12.6. The van der Waals surface area contributed by atoms with Crippen LogP contribution in [0.2, 0.25) is 0 Å². The normalized spacial score (nSPS) is 16.3. The third kappa shape index (κ3) is 6.34. The highest BCUT2D eigenvalue weighted by molar-refractivity contribution is 7.15. The highest BCUT2D eigenvalue weighted by Gasteiger charge is 2.41. The lowest BCUT2D eigenvalue weighted by Gasteiger charge is -2.20. The van der Waals surface area contributed by atoms with Gasteiger partial charge in [0.2, 0.25) is 11.4 Å². The number of anilines is 1. The molecule has 1 saturated heterocycles. The van der Waals surface area contributed by atoms with E-state index >= 15 is 0 Å². The lowest BCUT2D eigenvalue weighted by Crippen LogP contribution is -2.37. The van der Waals surface area contributed by atoms with Gasteiger partial charge >= 0.3 is 12.0 Å². The Morgan fingerprint density at radius 1 is 1.15 bits per heavy atom. The number of benzene rings is 1. The van der Waals surface area contributed by atoms with E-state index < -0.39 is 12.2 Å². The number of ether oxygens (including phenoxy) is 3. The summed E-state index contributed by atoms with van der Waals surface area (Å²) in [6.45, 7) is 9.37. The van der Waals surface area contributed by atoms with Crippen molar-refractivity contribution < 1.29 is 23.8 Å². The molecule has 33 heavy (non-hydrogen) atoms. The molecule has 2 heterocycles. The van der Waals surface area contributed by atoms with Gasteiger partial charge in [0.25, 0.3) is 0 Å². The number of nitrogens with zero attached hydrogens (tertiary/aromatic N) is 4. The molecular weight excluding hydrogens is 444 g/mol. The number of carbonyl (C=O) groups is 2. The first kappa shape index (κ1) is 24.8. The van der Waals surface area contributed by atoms with Crippen molar-refractivity contribution in [3.63, 3.8) is 0 Å². The standard InChI is InChI=1S/C23H32N4O5S/c1-6-13-30-16-10-7-8-11-17(16)31-14-9-12-19(28)32-18-15-26(5)22(29)27(18)21-25-24-20(33-21)23(2,3)4/h7-8,10-11,18H,6,9,12-15H2,1-5H3. The van der Waals surface area contributed by atoms with Gasteiger partial charge in [0.05, 0.1) is 19.8 Å². The van der Waals surface area contributed by atoms with E-state index in [0.29, 0.717) is 36.3 Å². The van der Waals surface area contributed by atoms with Crippen molar-refractivity contribution in [2.24, 2.45) is 0 Å². The number of carbonyl (C=O) groups excluding carboxylic acids is 2. The first-order valence-corrected chi connectivity index (χ1v) is 11.9. The molecule has 1 aromatic carbocycles. The summed E-state index contributed by atoms with van der Waals surface area (Å²) in [5, 5.41) is 9.62. The molecule has 1 unspecified atom stereocenters.